The maximum atomic E-state index is 4.82. The highest BCUT2D eigenvalue weighted by Crippen LogP contribution is 2.45. The van der Waals surface area contributed by atoms with E-state index in [1.165, 1.54) is 42.1 Å². The van der Waals surface area contributed by atoms with Crippen LogP contribution in [0.3, 0.4) is 0 Å². The van der Waals surface area contributed by atoms with Crippen LogP contribution in [0, 0.1) is 5.92 Å². The van der Waals surface area contributed by atoms with Gasteiger partial charge in [0, 0.05) is 78.0 Å². The number of nitrogens with zero attached hydrogens (tertiary/aromatic N) is 4. The zero-order valence-corrected chi connectivity index (χ0v) is 35.4. The number of hydrogen-bond donors (Lipinski definition) is 0. The van der Waals surface area contributed by atoms with Gasteiger partial charge in [-0.2, -0.15) is 0 Å². The van der Waals surface area contributed by atoms with E-state index in [0.29, 0.717) is 5.92 Å². The fraction of sp³-hybridized carbons (Fsp3) is 0.0517. The van der Waals surface area contributed by atoms with E-state index in [1.807, 2.05) is 48.1 Å². The monoisotopic (exact) mass is 824 g/mol. The van der Waals surface area contributed by atoms with Gasteiger partial charge in [0.2, 0.25) is 0 Å². The van der Waals surface area contributed by atoms with Crippen LogP contribution in [0.5, 0.6) is 0 Å². The number of rotatable bonds is 7. The molecule has 0 saturated heterocycles. The molecule has 298 valence electrons. The summed E-state index contributed by atoms with van der Waals surface area (Å²) in [7, 11) is 0. The minimum atomic E-state index is 0.188. The number of pyridine rings is 3. The summed E-state index contributed by atoms with van der Waals surface area (Å²) in [6.45, 7) is 2.30. The average Bonchev–Trinajstić information content (AvgIpc) is 3.89. The van der Waals surface area contributed by atoms with Crippen LogP contribution < -0.4 is 0 Å². The molecule has 0 amide bonds. The maximum absolute atomic E-state index is 4.82. The van der Waals surface area contributed by atoms with E-state index >= 15 is 0 Å². The van der Waals surface area contributed by atoms with Crippen LogP contribution in [-0.4, -0.2) is 19.5 Å². The molecule has 2 unspecified atom stereocenters. The van der Waals surface area contributed by atoms with Crippen molar-refractivity contribution in [3.63, 3.8) is 0 Å². The Kier molecular flexibility index (Phi) is 9.01. The van der Waals surface area contributed by atoms with E-state index in [9.17, 15) is 0 Å². The quantitative estimate of drug-likeness (QED) is 0.161. The van der Waals surface area contributed by atoms with E-state index in [1.54, 1.807) is 0 Å². The van der Waals surface area contributed by atoms with Gasteiger partial charge in [-0.3, -0.25) is 15.0 Å². The summed E-state index contributed by atoms with van der Waals surface area (Å²) in [4.78, 5) is 14.3. The van der Waals surface area contributed by atoms with Gasteiger partial charge in [0.1, 0.15) is 0 Å². The Bertz CT molecular complexity index is 3440. The highest BCUT2D eigenvalue weighted by Gasteiger charge is 2.27. The Hall–Kier alpha value is -7.73. The molecule has 0 N–H and O–H groups in total. The first-order valence-electron chi connectivity index (χ1n) is 21.5. The van der Waals surface area contributed by atoms with Crippen molar-refractivity contribution < 1.29 is 0 Å². The van der Waals surface area contributed by atoms with Crippen molar-refractivity contribution in [3.05, 3.63) is 224 Å². The molecule has 5 aromatic heterocycles. The molecule has 0 radical (unpaired) electrons. The molecule has 5 heterocycles. The number of allylic oxidation sites excluding steroid dienone is 4. The minimum Gasteiger partial charge on any atom is -0.309 e. The first-order valence-corrected chi connectivity index (χ1v) is 22.3. The average molecular weight is 825 g/mol. The summed E-state index contributed by atoms with van der Waals surface area (Å²) in [6, 6.07) is 63.6. The SMILES string of the molecule is CC1C=CC=C(c2ccc3sc4ccc(-n5c6ccc(-c7ccccc7-c7ccccn7)cc6c6cc(-c7ccccc7-c7ccccn7)ccc65)cc4c3c2)C1c1ccccn1. The summed E-state index contributed by atoms with van der Waals surface area (Å²) >= 11 is 1.86. The molecule has 0 aliphatic heterocycles. The first-order chi connectivity index (χ1) is 31.2. The van der Waals surface area contributed by atoms with Crippen LogP contribution in [0.2, 0.25) is 0 Å². The van der Waals surface area contributed by atoms with Crippen molar-refractivity contribution in [2.75, 3.05) is 0 Å². The molecule has 0 fully saturated rings. The second-order valence-electron chi connectivity index (χ2n) is 16.4. The standard InChI is InChI=1S/C58H40N4S/c1-37-13-12-18-44(58(37)53-21-8-11-32-61-53)40-24-28-56-49(35-40)50-36-41(25-29-57(50)63-56)62-54-26-22-38(42-14-2-4-16-45(42)51-19-6-9-30-59-51)33-47(54)48-34-39(23-27-55(48)62)43-15-3-5-17-46(43)52-20-7-10-31-60-52/h2-37,58H,1H3. The summed E-state index contributed by atoms with van der Waals surface area (Å²) in [6.07, 6.45) is 12.4. The lowest BCUT2D eigenvalue weighted by molar-refractivity contribution is 0.634. The number of hydrogen-bond acceptors (Lipinski definition) is 4. The smallest absolute Gasteiger partial charge is 0.0708 e. The molecule has 1 aliphatic rings. The second kappa shape index (κ2) is 15.3. The molecule has 2 atom stereocenters. The van der Waals surface area contributed by atoms with Crippen molar-refractivity contribution in [2.45, 2.75) is 12.8 Å². The number of fused-ring (bicyclic) bond motifs is 6. The highest BCUT2D eigenvalue weighted by molar-refractivity contribution is 7.25. The second-order valence-corrected chi connectivity index (χ2v) is 17.5. The third-order valence-electron chi connectivity index (χ3n) is 12.7. The Morgan fingerprint density at radius 2 is 0.984 bits per heavy atom. The number of thiophene rings is 1. The molecule has 4 nitrogen and oxygen atoms in total. The molecule has 12 rings (SSSR count). The van der Waals surface area contributed by atoms with E-state index in [4.69, 9.17) is 15.0 Å². The van der Waals surface area contributed by atoms with Crippen LogP contribution in [-0.2, 0) is 0 Å². The van der Waals surface area contributed by atoms with Crippen LogP contribution in [0.25, 0.3) is 98.0 Å². The predicted octanol–water partition coefficient (Wildman–Crippen LogP) is 15.4. The van der Waals surface area contributed by atoms with Gasteiger partial charge in [-0.15, -0.1) is 11.3 Å². The molecule has 11 aromatic rings. The molecule has 6 aromatic carbocycles. The lowest BCUT2D eigenvalue weighted by Gasteiger charge is -2.27. The highest BCUT2D eigenvalue weighted by atomic mass is 32.1. The molecular weight excluding hydrogens is 785 g/mol. The zero-order chi connectivity index (χ0) is 41.9. The summed E-state index contributed by atoms with van der Waals surface area (Å²) in [5.74, 6) is 0.526. The van der Waals surface area contributed by atoms with Crippen molar-refractivity contribution in [3.8, 4) is 50.5 Å². The topological polar surface area (TPSA) is 43.6 Å². The van der Waals surface area contributed by atoms with Crippen LogP contribution in [0.1, 0.15) is 24.1 Å². The number of aromatic nitrogens is 4. The van der Waals surface area contributed by atoms with Crippen molar-refractivity contribution in [2.24, 2.45) is 5.92 Å². The van der Waals surface area contributed by atoms with Crippen LogP contribution in [0.15, 0.2) is 213 Å². The third-order valence-corrected chi connectivity index (χ3v) is 13.9. The van der Waals surface area contributed by atoms with Gasteiger partial charge >= 0.3 is 0 Å². The van der Waals surface area contributed by atoms with Crippen molar-refractivity contribution >= 4 is 58.9 Å². The fourth-order valence-corrected chi connectivity index (χ4v) is 10.8. The van der Waals surface area contributed by atoms with E-state index in [0.717, 1.165) is 67.2 Å². The van der Waals surface area contributed by atoms with Crippen LogP contribution in [0.4, 0.5) is 0 Å². The molecule has 1 aliphatic carbocycles. The largest absolute Gasteiger partial charge is 0.309 e. The van der Waals surface area contributed by atoms with Gasteiger partial charge < -0.3 is 4.57 Å². The van der Waals surface area contributed by atoms with Gasteiger partial charge in [0.25, 0.3) is 0 Å². The minimum absolute atomic E-state index is 0.188. The van der Waals surface area contributed by atoms with E-state index in [-0.39, 0.29) is 5.92 Å². The molecule has 5 heteroatoms. The summed E-state index contributed by atoms with van der Waals surface area (Å²) in [5, 5.41) is 4.93. The van der Waals surface area contributed by atoms with E-state index < -0.39 is 0 Å². The van der Waals surface area contributed by atoms with Crippen molar-refractivity contribution in [1.29, 1.82) is 0 Å². The number of benzene rings is 6. The predicted molar refractivity (Wildman–Crippen MR) is 264 cm³/mol. The van der Waals surface area contributed by atoms with Gasteiger partial charge in [-0.25, -0.2) is 0 Å². The lowest BCUT2D eigenvalue weighted by atomic mass is 9.78. The Labute approximate surface area is 369 Å². The van der Waals surface area contributed by atoms with Gasteiger partial charge in [0.05, 0.1) is 22.4 Å². The fourth-order valence-electron chi connectivity index (χ4n) is 9.78. The van der Waals surface area contributed by atoms with Gasteiger partial charge in [0.15, 0.2) is 0 Å². The molecule has 63 heavy (non-hydrogen) atoms. The Morgan fingerprint density at radius 3 is 1.57 bits per heavy atom. The molecular formula is C58H40N4S. The molecule has 0 saturated carbocycles. The van der Waals surface area contributed by atoms with Gasteiger partial charge in [-0.1, -0.05) is 110 Å². The Morgan fingerprint density at radius 1 is 0.460 bits per heavy atom. The lowest BCUT2D eigenvalue weighted by Crippen LogP contribution is -2.14. The van der Waals surface area contributed by atoms with E-state index in [2.05, 4.69) is 187 Å². The maximum Gasteiger partial charge on any atom is 0.0708 e. The zero-order valence-electron chi connectivity index (χ0n) is 34.6. The molecule has 0 bridgehead atoms. The third kappa shape index (κ3) is 6.39. The first kappa shape index (κ1) is 37.1. The van der Waals surface area contributed by atoms with Crippen molar-refractivity contribution in [1.82, 2.24) is 19.5 Å². The Balaban J connectivity index is 1.05. The molecule has 0 spiro atoms. The van der Waals surface area contributed by atoms with Crippen LogP contribution >= 0.6 is 11.3 Å². The van der Waals surface area contributed by atoms with Gasteiger partial charge in [-0.05, 0) is 130 Å². The summed E-state index contributed by atoms with van der Waals surface area (Å²) in [5.41, 5.74) is 15.9. The summed E-state index contributed by atoms with van der Waals surface area (Å²) < 4.78 is 5.02. The normalized spacial score (nSPS) is 15.1.